The quantitative estimate of drug-likeness (QED) is 0.588. The highest BCUT2D eigenvalue weighted by Gasteiger charge is 2.56. The third kappa shape index (κ3) is 1.30. The fourth-order valence-electron chi connectivity index (χ4n) is 2.02. The van der Waals surface area contributed by atoms with Crippen LogP contribution in [0.1, 0.15) is 12.8 Å². The number of ether oxygens (including phenoxy) is 3. The molecule has 5 heteroatoms. The minimum Gasteiger partial charge on any atom is -0.482 e. The van der Waals surface area contributed by atoms with E-state index < -0.39 is 17.5 Å². The molecule has 2 rings (SSSR count). The maximum atomic E-state index is 11.6. The van der Waals surface area contributed by atoms with Gasteiger partial charge in [0.05, 0.1) is 13.7 Å². The van der Waals surface area contributed by atoms with Crippen LogP contribution in [-0.2, 0) is 23.8 Å². The van der Waals surface area contributed by atoms with E-state index in [0.717, 1.165) is 0 Å². The van der Waals surface area contributed by atoms with Gasteiger partial charge in [0.1, 0.15) is 11.2 Å². The van der Waals surface area contributed by atoms with Crippen molar-refractivity contribution in [3.63, 3.8) is 0 Å². The van der Waals surface area contributed by atoms with Gasteiger partial charge >= 0.3 is 11.9 Å². The molecular weight excluding hydrogens is 200 g/mol. The zero-order chi connectivity index (χ0) is 11.1. The highest BCUT2D eigenvalue weighted by atomic mass is 16.6. The van der Waals surface area contributed by atoms with Gasteiger partial charge in [0.15, 0.2) is 6.10 Å². The molecule has 0 radical (unpaired) electrons. The highest BCUT2D eigenvalue weighted by Crippen LogP contribution is 2.47. The molecule has 2 aliphatic heterocycles. The van der Waals surface area contributed by atoms with Gasteiger partial charge in [-0.25, -0.2) is 4.79 Å². The number of rotatable bonds is 1. The predicted molar refractivity (Wildman–Crippen MR) is 48.7 cm³/mol. The van der Waals surface area contributed by atoms with Crippen LogP contribution < -0.4 is 0 Å². The van der Waals surface area contributed by atoms with Crippen LogP contribution in [0, 0.1) is 5.41 Å². The van der Waals surface area contributed by atoms with Gasteiger partial charge in [0, 0.05) is 12.8 Å². The predicted octanol–water partition coefficient (Wildman–Crippen LogP) is 0.395. The minimum absolute atomic E-state index is 0.275. The molecular formula is C10H12O5. The smallest absolute Gasteiger partial charge is 0.347 e. The lowest BCUT2D eigenvalue weighted by atomic mass is 9.82. The average Bonchev–Trinajstić information content (AvgIpc) is 2.74. The zero-order valence-electron chi connectivity index (χ0n) is 8.45. The van der Waals surface area contributed by atoms with Crippen LogP contribution >= 0.6 is 0 Å². The fraction of sp³-hybridized carbons (Fsp3) is 0.600. The molecule has 82 valence electrons. The standard InChI is InChI=1S/C10H12O5/c1-6-10(3-4-14-9(10)12)5-7(15-6)8(11)13-2/h7H,1,3-5H2,2H3. The summed E-state index contributed by atoms with van der Waals surface area (Å²) in [5, 5.41) is 0. The molecule has 0 saturated carbocycles. The third-order valence-electron chi connectivity index (χ3n) is 2.97. The van der Waals surface area contributed by atoms with Crippen LogP contribution in [-0.4, -0.2) is 31.8 Å². The molecule has 0 N–H and O–H groups in total. The topological polar surface area (TPSA) is 61.8 Å². The van der Waals surface area contributed by atoms with Crippen molar-refractivity contribution >= 4 is 11.9 Å². The second-order valence-electron chi connectivity index (χ2n) is 3.72. The van der Waals surface area contributed by atoms with Crippen LogP contribution in [0.3, 0.4) is 0 Å². The molecule has 2 atom stereocenters. The Labute approximate surface area is 87.0 Å². The molecule has 2 aliphatic rings. The SMILES string of the molecule is C=C1OC(C(=O)OC)CC12CCOC2=O. The molecule has 0 aromatic heterocycles. The Hall–Kier alpha value is -1.52. The monoisotopic (exact) mass is 212 g/mol. The van der Waals surface area contributed by atoms with Gasteiger partial charge < -0.3 is 14.2 Å². The number of cyclic esters (lactones) is 1. The summed E-state index contributed by atoms with van der Waals surface area (Å²) in [6, 6.07) is 0. The largest absolute Gasteiger partial charge is 0.482 e. The number of esters is 2. The molecule has 5 nitrogen and oxygen atoms in total. The van der Waals surface area contributed by atoms with E-state index >= 15 is 0 Å². The van der Waals surface area contributed by atoms with Crippen LogP contribution in [0.5, 0.6) is 0 Å². The maximum absolute atomic E-state index is 11.6. The summed E-state index contributed by atoms with van der Waals surface area (Å²) in [5.74, 6) is -0.507. The van der Waals surface area contributed by atoms with E-state index in [0.29, 0.717) is 18.8 Å². The van der Waals surface area contributed by atoms with Crippen LogP contribution in [0.25, 0.3) is 0 Å². The van der Waals surface area contributed by atoms with Gasteiger partial charge in [-0.3, -0.25) is 4.79 Å². The number of carbonyl (C=O) groups excluding carboxylic acids is 2. The molecule has 2 fully saturated rings. The van der Waals surface area contributed by atoms with Gasteiger partial charge in [-0.05, 0) is 0 Å². The van der Waals surface area contributed by atoms with Gasteiger partial charge in [-0.15, -0.1) is 0 Å². The number of carbonyl (C=O) groups is 2. The number of methoxy groups -OCH3 is 1. The van der Waals surface area contributed by atoms with Crippen molar-refractivity contribution in [2.45, 2.75) is 18.9 Å². The lowest BCUT2D eigenvalue weighted by molar-refractivity contribution is -0.149. The first-order valence-electron chi connectivity index (χ1n) is 4.71. The molecule has 2 saturated heterocycles. The molecule has 2 heterocycles. The van der Waals surface area contributed by atoms with Crippen molar-refractivity contribution in [3.8, 4) is 0 Å². The van der Waals surface area contributed by atoms with E-state index in [1.807, 2.05) is 0 Å². The Bertz CT molecular complexity index is 335. The Morgan fingerprint density at radius 1 is 1.67 bits per heavy atom. The van der Waals surface area contributed by atoms with Crippen LogP contribution in [0.4, 0.5) is 0 Å². The Kier molecular flexibility index (Phi) is 2.17. The van der Waals surface area contributed by atoms with Crippen molar-refractivity contribution in [1.29, 1.82) is 0 Å². The Morgan fingerprint density at radius 2 is 2.40 bits per heavy atom. The summed E-state index contributed by atoms with van der Waals surface area (Å²) < 4.78 is 14.7. The number of hydrogen-bond donors (Lipinski definition) is 0. The van der Waals surface area contributed by atoms with Crippen molar-refractivity contribution < 1.29 is 23.8 Å². The average molecular weight is 212 g/mol. The van der Waals surface area contributed by atoms with Crippen LogP contribution in [0.2, 0.25) is 0 Å². The molecule has 15 heavy (non-hydrogen) atoms. The molecule has 0 aromatic carbocycles. The van der Waals surface area contributed by atoms with Crippen LogP contribution in [0.15, 0.2) is 12.3 Å². The third-order valence-corrected chi connectivity index (χ3v) is 2.97. The van der Waals surface area contributed by atoms with Crippen molar-refractivity contribution in [2.75, 3.05) is 13.7 Å². The van der Waals surface area contributed by atoms with E-state index in [4.69, 9.17) is 9.47 Å². The lowest BCUT2D eigenvalue weighted by Crippen LogP contribution is -2.27. The van der Waals surface area contributed by atoms with Gasteiger partial charge in [-0.2, -0.15) is 0 Å². The first-order chi connectivity index (χ1) is 7.10. The van der Waals surface area contributed by atoms with Gasteiger partial charge in [0.25, 0.3) is 0 Å². The summed E-state index contributed by atoms with van der Waals surface area (Å²) in [6.07, 6.45) is 0.0725. The summed E-state index contributed by atoms with van der Waals surface area (Å²) in [5.41, 5.74) is -0.821. The molecule has 0 aromatic rings. The first-order valence-corrected chi connectivity index (χ1v) is 4.71. The van der Waals surface area contributed by atoms with Crippen molar-refractivity contribution in [3.05, 3.63) is 12.3 Å². The van der Waals surface area contributed by atoms with E-state index in [1.54, 1.807) is 0 Å². The second kappa shape index (κ2) is 3.25. The van der Waals surface area contributed by atoms with E-state index in [9.17, 15) is 9.59 Å². The zero-order valence-corrected chi connectivity index (χ0v) is 8.45. The summed E-state index contributed by atoms with van der Waals surface area (Å²) in [6.45, 7) is 4.03. The first kappa shape index (κ1) is 10.0. The molecule has 0 aliphatic carbocycles. The molecule has 2 unspecified atom stereocenters. The maximum Gasteiger partial charge on any atom is 0.347 e. The summed E-state index contributed by atoms with van der Waals surface area (Å²) in [7, 11) is 1.28. The lowest BCUT2D eigenvalue weighted by Gasteiger charge is -2.14. The summed E-state index contributed by atoms with van der Waals surface area (Å²) in [4.78, 5) is 22.8. The van der Waals surface area contributed by atoms with E-state index in [2.05, 4.69) is 11.3 Å². The molecule has 1 spiro atoms. The van der Waals surface area contributed by atoms with Gasteiger partial charge in [-0.1, -0.05) is 6.58 Å². The normalized spacial score (nSPS) is 34.1. The van der Waals surface area contributed by atoms with E-state index in [1.165, 1.54) is 7.11 Å². The minimum atomic E-state index is -0.821. The molecule has 0 bridgehead atoms. The van der Waals surface area contributed by atoms with Crippen molar-refractivity contribution in [2.24, 2.45) is 5.41 Å². The fourth-order valence-corrected chi connectivity index (χ4v) is 2.02. The highest BCUT2D eigenvalue weighted by molar-refractivity contribution is 5.85. The summed E-state index contributed by atoms with van der Waals surface area (Å²) >= 11 is 0. The van der Waals surface area contributed by atoms with E-state index in [-0.39, 0.29) is 12.4 Å². The Balaban J connectivity index is 2.20. The molecule has 0 amide bonds. The second-order valence-corrected chi connectivity index (χ2v) is 3.72. The van der Waals surface area contributed by atoms with Gasteiger partial charge in [0.2, 0.25) is 0 Å². The number of hydrogen-bond acceptors (Lipinski definition) is 5. The Morgan fingerprint density at radius 3 is 2.93 bits per heavy atom. The van der Waals surface area contributed by atoms with Crippen molar-refractivity contribution in [1.82, 2.24) is 0 Å².